The molecule has 176 valence electrons. The summed E-state index contributed by atoms with van der Waals surface area (Å²) in [6, 6.07) is 20.0. The molecule has 1 aliphatic rings. The van der Waals surface area contributed by atoms with Gasteiger partial charge in [0.15, 0.2) is 0 Å². The first kappa shape index (κ1) is 23.5. The summed E-state index contributed by atoms with van der Waals surface area (Å²) >= 11 is 0. The molecule has 1 unspecified atom stereocenters. The molecule has 0 saturated carbocycles. The quantitative estimate of drug-likeness (QED) is 0.303. The zero-order valence-electron chi connectivity index (χ0n) is 19.8. The zero-order valence-corrected chi connectivity index (χ0v) is 19.8. The molecule has 6 nitrogen and oxygen atoms in total. The molecule has 0 aromatic heterocycles. The number of carbonyl (C=O) groups excluding carboxylic acids is 2. The van der Waals surface area contributed by atoms with Crippen LogP contribution in [0.25, 0.3) is 16.5 Å². The number of hydrogen-bond donors (Lipinski definition) is 1. The van der Waals surface area contributed by atoms with Gasteiger partial charge in [-0.1, -0.05) is 54.6 Å². The lowest BCUT2D eigenvalue weighted by Crippen LogP contribution is -2.32. The van der Waals surface area contributed by atoms with Gasteiger partial charge in [0.2, 0.25) is 0 Å². The maximum atomic E-state index is 13.3. The van der Waals surface area contributed by atoms with Gasteiger partial charge in [-0.3, -0.25) is 9.59 Å². The second kappa shape index (κ2) is 10.1. The van der Waals surface area contributed by atoms with Crippen LogP contribution in [0.2, 0.25) is 0 Å². The van der Waals surface area contributed by atoms with Crippen LogP contribution in [0.5, 0.6) is 5.75 Å². The molecule has 1 heterocycles. The summed E-state index contributed by atoms with van der Waals surface area (Å²) in [5.41, 5.74) is 1.38. The van der Waals surface area contributed by atoms with Crippen molar-refractivity contribution in [3.05, 3.63) is 83.4 Å². The number of nitrogens with zero attached hydrogens (tertiary/aromatic N) is 2. The van der Waals surface area contributed by atoms with Gasteiger partial charge in [-0.2, -0.15) is 0 Å². The van der Waals surface area contributed by atoms with Crippen molar-refractivity contribution in [1.82, 2.24) is 9.80 Å². The van der Waals surface area contributed by atoms with Crippen LogP contribution in [-0.2, 0) is 9.59 Å². The molecule has 1 aliphatic heterocycles. The van der Waals surface area contributed by atoms with Crippen molar-refractivity contribution in [3.8, 4) is 5.75 Å². The fraction of sp³-hybridized carbons (Fsp3) is 0.286. The van der Waals surface area contributed by atoms with E-state index in [1.54, 1.807) is 11.0 Å². The molecule has 34 heavy (non-hydrogen) atoms. The van der Waals surface area contributed by atoms with E-state index in [0.29, 0.717) is 30.9 Å². The Bertz CT molecular complexity index is 1240. The Morgan fingerprint density at radius 3 is 2.53 bits per heavy atom. The van der Waals surface area contributed by atoms with Crippen molar-refractivity contribution in [3.63, 3.8) is 0 Å². The molecule has 0 spiro atoms. The van der Waals surface area contributed by atoms with Crippen LogP contribution >= 0.6 is 0 Å². The molecule has 1 N–H and O–H groups in total. The second-order valence-electron chi connectivity index (χ2n) is 8.68. The van der Waals surface area contributed by atoms with E-state index >= 15 is 0 Å². The SMILES string of the molecule is CCOc1cccc(C2/C(=C(/O)c3cccc4ccccc34)C(=O)C(=O)N2CCCN(C)C)c1. The lowest BCUT2D eigenvalue weighted by Gasteiger charge is -2.26. The van der Waals surface area contributed by atoms with Gasteiger partial charge in [0.05, 0.1) is 18.2 Å². The zero-order chi connectivity index (χ0) is 24.2. The molecule has 1 amide bonds. The number of fused-ring (bicyclic) bond motifs is 1. The molecule has 0 radical (unpaired) electrons. The maximum Gasteiger partial charge on any atom is 0.295 e. The molecule has 3 aromatic carbocycles. The molecule has 4 rings (SSSR count). The molecule has 0 aliphatic carbocycles. The first-order valence-electron chi connectivity index (χ1n) is 11.6. The smallest absolute Gasteiger partial charge is 0.295 e. The molecule has 0 bridgehead atoms. The molecule has 6 heteroatoms. The van der Waals surface area contributed by atoms with Crippen LogP contribution in [0.1, 0.15) is 30.5 Å². The van der Waals surface area contributed by atoms with E-state index < -0.39 is 17.7 Å². The molecule has 1 fully saturated rings. The Morgan fingerprint density at radius 1 is 1.03 bits per heavy atom. The third-order valence-corrected chi connectivity index (χ3v) is 6.07. The summed E-state index contributed by atoms with van der Waals surface area (Å²) in [6.45, 7) is 3.58. The van der Waals surface area contributed by atoms with Gasteiger partial charge in [-0.05, 0) is 62.5 Å². The van der Waals surface area contributed by atoms with Crippen LogP contribution in [0, 0.1) is 0 Å². The predicted octanol–water partition coefficient (Wildman–Crippen LogP) is 4.61. The minimum atomic E-state index is -0.693. The number of carbonyl (C=O) groups is 2. The summed E-state index contributed by atoms with van der Waals surface area (Å²) in [7, 11) is 3.94. The van der Waals surface area contributed by atoms with Crippen molar-refractivity contribution in [2.45, 2.75) is 19.4 Å². The predicted molar refractivity (Wildman–Crippen MR) is 134 cm³/mol. The first-order valence-corrected chi connectivity index (χ1v) is 11.6. The number of aliphatic hydroxyl groups excluding tert-OH is 1. The Morgan fingerprint density at radius 2 is 1.76 bits per heavy atom. The largest absolute Gasteiger partial charge is 0.507 e. The topological polar surface area (TPSA) is 70.1 Å². The van der Waals surface area contributed by atoms with E-state index in [1.165, 1.54) is 0 Å². The Kier molecular flexibility index (Phi) is 6.98. The van der Waals surface area contributed by atoms with Crippen LogP contribution in [0.3, 0.4) is 0 Å². The van der Waals surface area contributed by atoms with E-state index in [1.807, 2.05) is 86.6 Å². The number of ether oxygens (including phenoxy) is 1. The third-order valence-electron chi connectivity index (χ3n) is 6.07. The molecule has 1 saturated heterocycles. The number of likely N-dealkylation sites (tertiary alicyclic amines) is 1. The van der Waals surface area contributed by atoms with Crippen molar-refractivity contribution in [2.75, 3.05) is 33.8 Å². The highest BCUT2D eigenvalue weighted by Crippen LogP contribution is 2.41. The minimum Gasteiger partial charge on any atom is -0.507 e. The van der Waals surface area contributed by atoms with Gasteiger partial charge < -0.3 is 19.6 Å². The third kappa shape index (κ3) is 4.54. The van der Waals surface area contributed by atoms with E-state index in [4.69, 9.17) is 4.74 Å². The Labute approximate surface area is 200 Å². The highest BCUT2D eigenvalue weighted by Gasteiger charge is 2.46. The fourth-order valence-corrected chi connectivity index (χ4v) is 4.53. The van der Waals surface area contributed by atoms with Crippen molar-refractivity contribution >= 4 is 28.2 Å². The minimum absolute atomic E-state index is 0.111. The standard InChI is InChI=1S/C28H30N2O4/c1-4-34-21-13-7-12-20(18-21)25-24(27(32)28(33)30(25)17-9-16-29(2)3)26(31)23-15-8-11-19-10-5-6-14-22(19)23/h5-8,10-15,18,25,31H,4,9,16-17H2,1-3H3/b26-24-. The fourth-order valence-electron chi connectivity index (χ4n) is 4.53. The molecular weight excluding hydrogens is 428 g/mol. The van der Waals surface area contributed by atoms with Gasteiger partial charge in [0.1, 0.15) is 11.5 Å². The summed E-state index contributed by atoms with van der Waals surface area (Å²) in [5, 5.41) is 13.3. The highest BCUT2D eigenvalue weighted by atomic mass is 16.5. The van der Waals surface area contributed by atoms with Gasteiger partial charge in [0.25, 0.3) is 11.7 Å². The lowest BCUT2D eigenvalue weighted by molar-refractivity contribution is -0.139. The van der Waals surface area contributed by atoms with Gasteiger partial charge in [-0.25, -0.2) is 0 Å². The Hall–Kier alpha value is -3.64. The number of amides is 1. The number of rotatable bonds is 8. The van der Waals surface area contributed by atoms with Crippen LogP contribution < -0.4 is 4.74 Å². The summed E-state index contributed by atoms with van der Waals surface area (Å²) in [4.78, 5) is 30.1. The van der Waals surface area contributed by atoms with Gasteiger partial charge in [-0.15, -0.1) is 0 Å². The summed E-state index contributed by atoms with van der Waals surface area (Å²) < 4.78 is 5.67. The van der Waals surface area contributed by atoms with Crippen LogP contribution in [0.4, 0.5) is 0 Å². The van der Waals surface area contributed by atoms with E-state index in [2.05, 4.69) is 0 Å². The van der Waals surface area contributed by atoms with Crippen LogP contribution in [-0.4, -0.2) is 60.4 Å². The monoisotopic (exact) mass is 458 g/mol. The normalized spacial score (nSPS) is 17.6. The van der Waals surface area contributed by atoms with E-state index in [-0.39, 0.29) is 11.3 Å². The second-order valence-corrected chi connectivity index (χ2v) is 8.68. The number of aliphatic hydroxyl groups is 1. The van der Waals surface area contributed by atoms with Gasteiger partial charge in [0, 0.05) is 12.1 Å². The number of hydrogen-bond acceptors (Lipinski definition) is 5. The Balaban J connectivity index is 1.87. The number of Topliss-reactive ketones (excluding diaryl/α,β-unsaturated/α-hetero) is 1. The van der Waals surface area contributed by atoms with Crippen molar-refractivity contribution in [1.29, 1.82) is 0 Å². The molecule has 1 atom stereocenters. The first-order chi connectivity index (χ1) is 16.4. The average molecular weight is 459 g/mol. The molecular formula is C28H30N2O4. The average Bonchev–Trinajstić information content (AvgIpc) is 3.08. The van der Waals surface area contributed by atoms with E-state index in [0.717, 1.165) is 22.9 Å². The summed E-state index contributed by atoms with van der Waals surface area (Å²) in [6.07, 6.45) is 0.704. The number of benzene rings is 3. The van der Waals surface area contributed by atoms with Gasteiger partial charge >= 0.3 is 0 Å². The maximum absolute atomic E-state index is 13.3. The van der Waals surface area contributed by atoms with Crippen molar-refractivity contribution in [2.24, 2.45) is 0 Å². The number of ketones is 1. The highest BCUT2D eigenvalue weighted by molar-refractivity contribution is 6.46. The summed E-state index contributed by atoms with van der Waals surface area (Å²) in [5.74, 6) is -0.754. The van der Waals surface area contributed by atoms with Crippen LogP contribution in [0.15, 0.2) is 72.3 Å². The lowest BCUT2D eigenvalue weighted by atomic mass is 9.93. The van der Waals surface area contributed by atoms with E-state index in [9.17, 15) is 14.7 Å². The van der Waals surface area contributed by atoms with Crippen molar-refractivity contribution < 1.29 is 19.4 Å². The molecule has 3 aromatic rings.